The van der Waals surface area contributed by atoms with Crippen LogP contribution in [0.4, 0.5) is 22.0 Å². The molecule has 106 valence electrons. The van der Waals surface area contributed by atoms with E-state index >= 15 is 0 Å². The minimum atomic E-state index is -4.68. The molecule has 0 fully saturated rings. The van der Waals surface area contributed by atoms with Crippen molar-refractivity contribution in [1.29, 1.82) is 0 Å². The van der Waals surface area contributed by atoms with E-state index in [-0.39, 0.29) is 23.1 Å². The summed E-state index contributed by atoms with van der Waals surface area (Å²) in [5, 5.41) is -0.0397. The minimum Gasteiger partial charge on any atom is -0.298 e. The first-order valence-electron chi connectivity index (χ1n) is 4.98. The van der Waals surface area contributed by atoms with Gasteiger partial charge in [-0.1, -0.05) is 34.1 Å². The average Bonchev–Trinajstić information content (AvgIpc) is 2.28. The molecule has 0 atom stereocenters. The van der Waals surface area contributed by atoms with Crippen molar-refractivity contribution in [3.05, 3.63) is 29.3 Å². The van der Waals surface area contributed by atoms with Crippen LogP contribution in [0.25, 0.3) is 0 Å². The van der Waals surface area contributed by atoms with E-state index in [1.807, 2.05) is 0 Å². The third-order valence-electron chi connectivity index (χ3n) is 2.12. The number of ketones is 1. The molecule has 0 aromatic heterocycles. The molecule has 0 N–H and O–H groups in total. The summed E-state index contributed by atoms with van der Waals surface area (Å²) in [4.78, 5) is 10.7. The van der Waals surface area contributed by atoms with Crippen LogP contribution in [0.2, 0.25) is 0 Å². The number of rotatable bonds is 5. The van der Waals surface area contributed by atoms with Crippen molar-refractivity contribution >= 4 is 33.5 Å². The van der Waals surface area contributed by atoms with Gasteiger partial charge in [-0.2, -0.15) is 13.2 Å². The van der Waals surface area contributed by atoms with Gasteiger partial charge in [0.2, 0.25) is 0 Å². The molecule has 0 unspecified atom stereocenters. The predicted molar refractivity (Wildman–Crippen MR) is 65.8 cm³/mol. The van der Waals surface area contributed by atoms with Gasteiger partial charge in [-0.3, -0.25) is 4.79 Å². The van der Waals surface area contributed by atoms with Crippen LogP contribution in [0.15, 0.2) is 23.1 Å². The van der Waals surface area contributed by atoms with Crippen molar-refractivity contribution < 1.29 is 26.7 Å². The highest BCUT2D eigenvalue weighted by Gasteiger charge is 2.33. The van der Waals surface area contributed by atoms with Crippen LogP contribution in [0.1, 0.15) is 17.6 Å². The first-order chi connectivity index (χ1) is 8.74. The molecular weight excluding hydrogens is 355 g/mol. The van der Waals surface area contributed by atoms with Crippen LogP contribution in [0, 0.1) is 0 Å². The summed E-state index contributed by atoms with van der Waals surface area (Å²) in [7, 11) is 0. The van der Waals surface area contributed by atoms with E-state index < -0.39 is 34.2 Å². The summed E-state index contributed by atoms with van der Waals surface area (Å²) in [6.45, 7) is 0. The van der Waals surface area contributed by atoms with Gasteiger partial charge in [0.05, 0.1) is 5.33 Å². The number of hydrogen-bond donors (Lipinski definition) is 0. The van der Waals surface area contributed by atoms with Gasteiger partial charge in [0, 0.05) is 16.9 Å². The Balaban J connectivity index is 3.21. The normalized spacial score (nSPS) is 11.9. The number of hydrogen-bond acceptors (Lipinski definition) is 2. The lowest BCUT2D eigenvalue weighted by atomic mass is 10.1. The molecule has 0 saturated carbocycles. The fourth-order valence-electron chi connectivity index (χ4n) is 1.42. The third-order valence-corrected chi connectivity index (χ3v) is 3.68. The number of halogens is 6. The topological polar surface area (TPSA) is 17.1 Å². The first kappa shape index (κ1) is 16.4. The van der Waals surface area contributed by atoms with Crippen molar-refractivity contribution in [2.75, 3.05) is 5.33 Å². The highest BCUT2D eigenvalue weighted by Crippen LogP contribution is 2.43. The Morgan fingerprint density at radius 2 is 1.95 bits per heavy atom. The average molecular weight is 363 g/mol. The molecule has 1 nitrogen and oxygen atoms in total. The van der Waals surface area contributed by atoms with Crippen molar-refractivity contribution in [3.63, 3.8) is 0 Å². The third kappa shape index (κ3) is 5.10. The number of Topliss-reactive ketones (excluding diaryl/α,β-unsaturated/α-hetero) is 1. The molecule has 1 aromatic carbocycles. The van der Waals surface area contributed by atoms with Crippen molar-refractivity contribution in [2.45, 2.75) is 23.3 Å². The number of alkyl halides is 6. The van der Waals surface area contributed by atoms with Crippen LogP contribution in [-0.2, 0) is 11.2 Å². The Bertz CT molecular complexity index is 461. The largest absolute Gasteiger partial charge is 0.446 e. The van der Waals surface area contributed by atoms with Gasteiger partial charge in [-0.15, -0.1) is 0 Å². The van der Waals surface area contributed by atoms with Crippen molar-refractivity contribution in [2.24, 2.45) is 0 Å². The van der Waals surface area contributed by atoms with Gasteiger partial charge in [0.15, 0.2) is 0 Å². The maximum atomic E-state index is 12.7. The number of carbonyl (C=O) groups is 1. The molecule has 0 aliphatic carbocycles. The molecule has 1 rings (SSSR count). The maximum absolute atomic E-state index is 12.7. The smallest absolute Gasteiger partial charge is 0.298 e. The van der Waals surface area contributed by atoms with E-state index in [0.717, 1.165) is 6.07 Å². The van der Waals surface area contributed by atoms with Crippen LogP contribution in [0.5, 0.6) is 0 Å². The van der Waals surface area contributed by atoms with E-state index in [9.17, 15) is 26.7 Å². The summed E-state index contributed by atoms with van der Waals surface area (Å²) in [5.41, 5.74) is -5.43. The lowest BCUT2D eigenvalue weighted by Crippen LogP contribution is -2.09. The van der Waals surface area contributed by atoms with Gasteiger partial charge in [0.25, 0.3) is 6.43 Å². The molecule has 1 aromatic rings. The molecule has 0 spiro atoms. The van der Waals surface area contributed by atoms with E-state index in [4.69, 9.17) is 0 Å². The molecule has 0 radical (unpaired) electrons. The Morgan fingerprint density at radius 3 is 2.42 bits per heavy atom. The maximum Gasteiger partial charge on any atom is 0.446 e. The second-order valence-electron chi connectivity index (χ2n) is 3.53. The number of thioether (sulfide) groups is 1. The zero-order chi connectivity index (χ0) is 14.6. The standard InChI is InChI=1S/C11H8BrF5OS/c12-5-7(18)4-6-2-1-3-8(10(13)14)9(6)19-11(15,16)17/h1-3,10H,4-5H2. The summed E-state index contributed by atoms with van der Waals surface area (Å²) < 4.78 is 62.7. The molecule has 8 heteroatoms. The second kappa shape index (κ2) is 6.69. The monoisotopic (exact) mass is 362 g/mol. The van der Waals surface area contributed by atoms with Crippen LogP contribution in [-0.4, -0.2) is 16.6 Å². The molecule has 19 heavy (non-hydrogen) atoms. The van der Waals surface area contributed by atoms with Gasteiger partial charge in [0.1, 0.15) is 5.78 Å². The summed E-state index contributed by atoms with van der Waals surface area (Å²) >= 11 is 2.27. The fraction of sp³-hybridized carbons (Fsp3) is 0.364. The number of benzene rings is 1. The molecular formula is C11H8BrF5OS. The van der Waals surface area contributed by atoms with Gasteiger partial charge >= 0.3 is 5.51 Å². The van der Waals surface area contributed by atoms with E-state index in [1.54, 1.807) is 0 Å². The van der Waals surface area contributed by atoms with E-state index in [1.165, 1.54) is 12.1 Å². The molecule has 0 aliphatic heterocycles. The zero-order valence-corrected chi connectivity index (χ0v) is 11.7. The Morgan fingerprint density at radius 1 is 1.32 bits per heavy atom. The van der Waals surface area contributed by atoms with Crippen LogP contribution >= 0.6 is 27.7 Å². The van der Waals surface area contributed by atoms with Gasteiger partial charge < -0.3 is 0 Å². The van der Waals surface area contributed by atoms with E-state index in [0.29, 0.717) is 0 Å². The zero-order valence-electron chi connectivity index (χ0n) is 9.31. The molecule has 0 amide bonds. The summed E-state index contributed by atoms with van der Waals surface area (Å²) in [6.07, 6.45) is -3.34. The molecule has 0 heterocycles. The quantitative estimate of drug-likeness (QED) is 0.427. The lowest BCUT2D eigenvalue weighted by molar-refractivity contribution is -0.115. The molecule has 0 saturated heterocycles. The second-order valence-corrected chi connectivity index (χ2v) is 5.17. The molecule has 0 bridgehead atoms. The van der Waals surface area contributed by atoms with Crippen molar-refractivity contribution in [1.82, 2.24) is 0 Å². The van der Waals surface area contributed by atoms with Gasteiger partial charge in [-0.05, 0) is 17.3 Å². The summed E-state index contributed by atoms with van der Waals surface area (Å²) in [5.74, 6) is -0.379. The fourth-order valence-corrected chi connectivity index (χ4v) is 2.39. The SMILES string of the molecule is O=C(CBr)Cc1cccc(C(F)F)c1SC(F)(F)F. The number of carbonyl (C=O) groups excluding carboxylic acids is 1. The van der Waals surface area contributed by atoms with Crippen molar-refractivity contribution in [3.8, 4) is 0 Å². The summed E-state index contributed by atoms with van der Waals surface area (Å²) in [6, 6.07) is 3.40. The van der Waals surface area contributed by atoms with Gasteiger partial charge in [-0.25, -0.2) is 8.78 Å². The highest BCUT2D eigenvalue weighted by molar-refractivity contribution is 9.09. The van der Waals surface area contributed by atoms with E-state index in [2.05, 4.69) is 15.9 Å². The Kier molecular flexibility index (Phi) is 5.79. The highest BCUT2D eigenvalue weighted by atomic mass is 79.9. The minimum absolute atomic E-state index is 0.0374. The first-order valence-corrected chi connectivity index (χ1v) is 6.91. The van der Waals surface area contributed by atoms with Crippen LogP contribution < -0.4 is 0 Å². The lowest BCUT2D eigenvalue weighted by Gasteiger charge is -2.14. The van der Waals surface area contributed by atoms with Crippen LogP contribution in [0.3, 0.4) is 0 Å². The Hall–Kier alpha value is -0.630. The Labute approximate surface area is 118 Å². The molecule has 0 aliphatic rings. The predicted octanol–water partition coefficient (Wildman–Crippen LogP) is 4.74.